The summed E-state index contributed by atoms with van der Waals surface area (Å²) in [7, 11) is 2.01. The number of benzene rings is 2. The Kier molecular flexibility index (Phi) is 4.17. The van der Waals surface area contributed by atoms with E-state index in [0.717, 1.165) is 12.1 Å². The van der Waals surface area contributed by atoms with Gasteiger partial charge >= 0.3 is 0 Å². The minimum atomic E-state index is -0.242. The van der Waals surface area contributed by atoms with Crippen LogP contribution < -0.4 is 5.73 Å². The van der Waals surface area contributed by atoms with E-state index in [1.54, 1.807) is 6.07 Å². The van der Waals surface area contributed by atoms with Crippen molar-refractivity contribution in [1.29, 1.82) is 0 Å². The molecule has 0 unspecified atom stereocenters. The number of halogens is 1. The summed E-state index contributed by atoms with van der Waals surface area (Å²) in [5.41, 5.74) is 9.88. The highest BCUT2D eigenvalue weighted by atomic mass is 19.1. The monoisotopic (exact) mass is 258 g/mol. The molecule has 2 rings (SSSR count). The van der Waals surface area contributed by atoms with Gasteiger partial charge in [0.05, 0.1) is 0 Å². The summed E-state index contributed by atoms with van der Waals surface area (Å²) in [5, 5.41) is 0. The first-order valence-electron chi connectivity index (χ1n) is 6.33. The first-order valence-corrected chi connectivity index (χ1v) is 6.33. The zero-order chi connectivity index (χ0) is 13.8. The van der Waals surface area contributed by atoms with Gasteiger partial charge in [0.2, 0.25) is 0 Å². The van der Waals surface area contributed by atoms with Crippen molar-refractivity contribution >= 4 is 5.69 Å². The number of nitrogens with two attached hydrogens (primary N) is 1. The second-order valence-electron chi connectivity index (χ2n) is 4.94. The van der Waals surface area contributed by atoms with Crippen LogP contribution in [0, 0.1) is 12.7 Å². The van der Waals surface area contributed by atoms with E-state index in [0.29, 0.717) is 12.2 Å². The predicted molar refractivity (Wildman–Crippen MR) is 77.2 cm³/mol. The Morgan fingerprint density at radius 1 is 1.05 bits per heavy atom. The van der Waals surface area contributed by atoms with Crippen molar-refractivity contribution in [2.75, 3.05) is 12.8 Å². The van der Waals surface area contributed by atoms with Crippen LogP contribution in [0.5, 0.6) is 0 Å². The number of anilines is 1. The molecule has 2 aromatic carbocycles. The lowest BCUT2D eigenvalue weighted by atomic mass is 10.1. The van der Waals surface area contributed by atoms with E-state index >= 15 is 0 Å². The standard InChI is InChI=1S/C16H19FN2/c1-12-5-3-4-6-13(12)10-19(2)11-14-9-15(17)7-8-16(14)18/h3-9H,10-11,18H2,1-2H3. The molecule has 0 saturated heterocycles. The molecular formula is C16H19FN2. The van der Waals surface area contributed by atoms with E-state index in [1.165, 1.54) is 23.3 Å². The molecule has 0 spiro atoms. The van der Waals surface area contributed by atoms with Crippen LogP contribution in [0.3, 0.4) is 0 Å². The summed E-state index contributed by atoms with van der Waals surface area (Å²) < 4.78 is 13.2. The number of aryl methyl sites for hydroxylation is 1. The van der Waals surface area contributed by atoms with E-state index in [1.807, 2.05) is 19.2 Å². The molecule has 2 N–H and O–H groups in total. The SMILES string of the molecule is Cc1ccccc1CN(C)Cc1cc(F)ccc1N. The maximum atomic E-state index is 13.2. The van der Waals surface area contributed by atoms with Crippen LogP contribution in [0.1, 0.15) is 16.7 Å². The van der Waals surface area contributed by atoms with Crippen LogP contribution in [0.25, 0.3) is 0 Å². The molecular weight excluding hydrogens is 239 g/mol. The van der Waals surface area contributed by atoms with Gasteiger partial charge in [-0.05, 0) is 48.9 Å². The van der Waals surface area contributed by atoms with E-state index in [-0.39, 0.29) is 5.82 Å². The maximum Gasteiger partial charge on any atom is 0.123 e. The minimum Gasteiger partial charge on any atom is -0.398 e. The minimum absolute atomic E-state index is 0.242. The van der Waals surface area contributed by atoms with Crippen LogP contribution in [-0.4, -0.2) is 11.9 Å². The van der Waals surface area contributed by atoms with Gasteiger partial charge in [0.15, 0.2) is 0 Å². The Morgan fingerprint density at radius 2 is 1.74 bits per heavy atom. The van der Waals surface area contributed by atoms with Gasteiger partial charge in [0.1, 0.15) is 5.82 Å². The normalized spacial score (nSPS) is 10.9. The summed E-state index contributed by atoms with van der Waals surface area (Å²) in [4.78, 5) is 2.13. The van der Waals surface area contributed by atoms with Crippen molar-refractivity contribution in [1.82, 2.24) is 4.90 Å². The van der Waals surface area contributed by atoms with Crippen LogP contribution in [0.4, 0.5) is 10.1 Å². The molecule has 0 aliphatic carbocycles. The van der Waals surface area contributed by atoms with Crippen molar-refractivity contribution in [2.45, 2.75) is 20.0 Å². The van der Waals surface area contributed by atoms with E-state index < -0.39 is 0 Å². The molecule has 0 heterocycles. The van der Waals surface area contributed by atoms with Gasteiger partial charge in [-0.3, -0.25) is 4.90 Å². The summed E-state index contributed by atoms with van der Waals surface area (Å²) in [6.45, 7) is 3.56. The number of hydrogen-bond acceptors (Lipinski definition) is 2. The largest absolute Gasteiger partial charge is 0.398 e. The fraction of sp³-hybridized carbons (Fsp3) is 0.250. The molecule has 0 fully saturated rings. The van der Waals surface area contributed by atoms with Crippen molar-refractivity contribution < 1.29 is 4.39 Å². The summed E-state index contributed by atoms with van der Waals surface area (Å²) in [5.74, 6) is -0.242. The van der Waals surface area contributed by atoms with Gasteiger partial charge < -0.3 is 5.73 Å². The quantitative estimate of drug-likeness (QED) is 0.852. The lowest BCUT2D eigenvalue weighted by molar-refractivity contribution is 0.318. The molecule has 0 bridgehead atoms. The Labute approximate surface area is 113 Å². The molecule has 2 nitrogen and oxygen atoms in total. The van der Waals surface area contributed by atoms with Gasteiger partial charge in [-0.1, -0.05) is 24.3 Å². The highest BCUT2D eigenvalue weighted by Gasteiger charge is 2.07. The maximum absolute atomic E-state index is 13.2. The summed E-state index contributed by atoms with van der Waals surface area (Å²) in [6, 6.07) is 12.8. The van der Waals surface area contributed by atoms with Crippen LogP contribution in [0.15, 0.2) is 42.5 Å². The number of nitrogen functional groups attached to an aromatic ring is 1. The molecule has 0 radical (unpaired) electrons. The average Bonchev–Trinajstić information content (AvgIpc) is 2.37. The van der Waals surface area contributed by atoms with Crippen molar-refractivity contribution in [3.63, 3.8) is 0 Å². The van der Waals surface area contributed by atoms with E-state index in [9.17, 15) is 4.39 Å². The molecule has 0 atom stereocenters. The Bertz CT molecular complexity index is 566. The Hall–Kier alpha value is -1.87. The molecule has 2 aromatic rings. The third-order valence-corrected chi connectivity index (χ3v) is 3.25. The third kappa shape index (κ3) is 3.55. The molecule has 19 heavy (non-hydrogen) atoms. The first kappa shape index (κ1) is 13.6. The van der Waals surface area contributed by atoms with Crippen LogP contribution >= 0.6 is 0 Å². The first-order chi connectivity index (χ1) is 9.06. The van der Waals surface area contributed by atoms with Gasteiger partial charge in [-0.15, -0.1) is 0 Å². The van der Waals surface area contributed by atoms with Crippen molar-refractivity contribution in [2.24, 2.45) is 0 Å². The van der Waals surface area contributed by atoms with Gasteiger partial charge in [0.25, 0.3) is 0 Å². The third-order valence-electron chi connectivity index (χ3n) is 3.25. The molecule has 0 amide bonds. The second-order valence-corrected chi connectivity index (χ2v) is 4.94. The molecule has 0 aromatic heterocycles. The number of rotatable bonds is 4. The second kappa shape index (κ2) is 5.85. The smallest absolute Gasteiger partial charge is 0.123 e. The summed E-state index contributed by atoms with van der Waals surface area (Å²) in [6.07, 6.45) is 0. The Balaban J connectivity index is 2.07. The number of nitrogens with zero attached hydrogens (tertiary/aromatic N) is 1. The zero-order valence-electron chi connectivity index (χ0n) is 11.4. The topological polar surface area (TPSA) is 29.3 Å². The molecule has 0 aliphatic heterocycles. The fourth-order valence-electron chi connectivity index (χ4n) is 2.14. The zero-order valence-corrected chi connectivity index (χ0v) is 11.4. The van der Waals surface area contributed by atoms with Gasteiger partial charge in [0, 0.05) is 18.8 Å². The molecule has 0 aliphatic rings. The Morgan fingerprint density at radius 3 is 2.47 bits per heavy atom. The van der Waals surface area contributed by atoms with Crippen LogP contribution in [-0.2, 0) is 13.1 Å². The fourth-order valence-corrected chi connectivity index (χ4v) is 2.14. The highest BCUT2D eigenvalue weighted by molar-refractivity contribution is 5.46. The highest BCUT2D eigenvalue weighted by Crippen LogP contribution is 2.17. The molecule has 100 valence electrons. The van der Waals surface area contributed by atoms with Gasteiger partial charge in [-0.25, -0.2) is 4.39 Å². The lowest BCUT2D eigenvalue weighted by Crippen LogP contribution is -2.18. The molecule has 3 heteroatoms. The van der Waals surface area contributed by atoms with E-state index in [2.05, 4.69) is 24.0 Å². The summed E-state index contributed by atoms with van der Waals surface area (Å²) >= 11 is 0. The predicted octanol–water partition coefficient (Wildman–Crippen LogP) is 3.35. The van der Waals surface area contributed by atoms with Crippen LogP contribution in [0.2, 0.25) is 0 Å². The van der Waals surface area contributed by atoms with E-state index in [4.69, 9.17) is 5.73 Å². The number of hydrogen-bond donors (Lipinski definition) is 1. The van der Waals surface area contributed by atoms with Crippen molar-refractivity contribution in [3.8, 4) is 0 Å². The average molecular weight is 258 g/mol. The van der Waals surface area contributed by atoms with Crippen molar-refractivity contribution in [3.05, 3.63) is 65.0 Å². The lowest BCUT2D eigenvalue weighted by Gasteiger charge is -2.19. The van der Waals surface area contributed by atoms with Gasteiger partial charge in [-0.2, -0.15) is 0 Å². The molecule has 0 saturated carbocycles.